The summed E-state index contributed by atoms with van der Waals surface area (Å²) in [7, 11) is 0. The number of amides is 1. The van der Waals surface area contributed by atoms with Crippen molar-refractivity contribution in [2.24, 2.45) is 11.7 Å². The summed E-state index contributed by atoms with van der Waals surface area (Å²) >= 11 is 3.36. The van der Waals surface area contributed by atoms with Gasteiger partial charge in [-0.1, -0.05) is 34.1 Å². The highest BCUT2D eigenvalue weighted by molar-refractivity contribution is 9.10. The zero-order valence-electron chi connectivity index (χ0n) is 8.69. The number of carbonyl (C=O) groups is 1. The van der Waals surface area contributed by atoms with Gasteiger partial charge in [-0.25, -0.2) is 0 Å². The van der Waals surface area contributed by atoms with Crippen LogP contribution in [0.1, 0.15) is 6.42 Å². The van der Waals surface area contributed by atoms with E-state index in [4.69, 9.17) is 5.73 Å². The fraction of sp³-hybridized carbons (Fsp3) is 0.250. The molecule has 1 aromatic carbocycles. The number of carbonyl (C=O) groups excluding carboxylic acids is 1. The molecule has 84 valence electrons. The molecular weight excluding hydrogens is 268 g/mol. The van der Waals surface area contributed by atoms with Crippen molar-refractivity contribution in [2.45, 2.75) is 12.5 Å². The topological polar surface area (TPSA) is 55.1 Å². The summed E-state index contributed by atoms with van der Waals surface area (Å²) in [4.78, 5) is 11.8. The number of hydrogen-bond donors (Lipinski definition) is 2. The first-order chi connectivity index (χ1) is 7.65. The van der Waals surface area contributed by atoms with Gasteiger partial charge in [-0.15, -0.1) is 0 Å². The fourth-order valence-electron chi connectivity index (χ4n) is 1.72. The van der Waals surface area contributed by atoms with Crippen LogP contribution in [0, 0.1) is 5.92 Å². The Morgan fingerprint density at radius 1 is 1.44 bits per heavy atom. The first-order valence-corrected chi connectivity index (χ1v) is 5.95. The summed E-state index contributed by atoms with van der Waals surface area (Å²) in [6.45, 7) is 0. The van der Waals surface area contributed by atoms with Crippen LogP contribution in [0.2, 0.25) is 0 Å². The van der Waals surface area contributed by atoms with Gasteiger partial charge >= 0.3 is 0 Å². The van der Waals surface area contributed by atoms with Crippen molar-refractivity contribution in [3.05, 3.63) is 40.9 Å². The van der Waals surface area contributed by atoms with Crippen molar-refractivity contribution in [1.82, 2.24) is 0 Å². The zero-order valence-corrected chi connectivity index (χ0v) is 10.3. The second kappa shape index (κ2) is 4.80. The standard InChI is InChI=1S/C12H13BrN2O/c13-9-2-1-3-11(7-9)15-12(16)8-4-5-10(14)6-8/h1-5,7-8,10H,6,14H2,(H,15,16). The van der Waals surface area contributed by atoms with Gasteiger partial charge in [0.05, 0.1) is 5.92 Å². The Balaban J connectivity index is 2.00. The highest BCUT2D eigenvalue weighted by Gasteiger charge is 2.22. The molecule has 0 saturated heterocycles. The van der Waals surface area contributed by atoms with Gasteiger partial charge in [0, 0.05) is 16.2 Å². The minimum Gasteiger partial charge on any atom is -0.326 e. The van der Waals surface area contributed by atoms with Crippen LogP contribution in [-0.2, 0) is 4.79 Å². The Kier molecular flexibility index (Phi) is 3.41. The van der Waals surface area contributed by atoms with E-state index in [1.54, 1.807) is 0 Å². The first-order valence-electron chi connectivity index (χ1n) is 5.15. The molecule has 3 nitrogen and oxygen atoms in total. The van der Waals surface area contributed by atoms with Crippen molar-refractivity contribution in [3.8, 4) is 0 Å². The van der Waals surface area contributed by atoms with Gasteiger partial charge in [0.15, 0.2) is 0 Å². The lowest BCUT2D eigenvalue weighted by Gasteiger charge is -2.10. The van der Waals surface area contributed by atoms with E-state index in [1.165, 1.54) is 0 Å². The Bertz CT molecular complexity index is 431. The lowest BCUT2D eigenvalue weighted by molar-refractivity contribution is -0.118. The second-order valence-corrected chi connectivity index (χ2v) is 4.81. The number of rotatable bonds is 2. The van der Waals surface area contributed by atoms with Crippen LogP contribution in [-0.4, -0.2) is 11.9 Å². The summed E-state index contributed by atoms with van der Waals surface area (Å²) < 4.78 is 0.948. The maximum Gasteiger partial charge on any atom is 0.231 e. The van der Waals surface area contributed by atoms with E-state index in [-0.39, 0.29) is 17.9 Å². The maximum absolute atomic E-state index is 11.8. The molecule has 0 aliphatic heterocycles. The summed E-state index contributed by atoms with van der Waals surface area (Å²) in [6, 6.07) is 7.55. The number of nitrogens with two attached hydrogens (primary N) is 1. The van der Waals surface area contributed by atoms with Gasteiger partial charge in [0.2, 0.25) is 5.91 Å². The second-order valence-electron chi connectivity index (χ2n) is 3.89. The zero-order chi connectivity index (χ0) is 11.5. The van der Waals surface area contributed by atoms with Crippen LogP contribution in [0.5, 0.6) is 0 Å². The number of anilines is 1. The minimum atomic E-state index is -0.103. The van der Waals surface area contributed by atoms with Gasteiger partial charge in [0.1, 0.15) is 0 Å². The molecule has 0 aromatic heterocycles. The van der Waals surface area contributed by atoms with Gasteiger partial charge in [0.25, 0.3) is 0 Å². The van der Waals surface area contributed by atoms with E-state index in [0.29, 0.717) is 6.42 Å². The van der Waals surface area contributed by atoms with Crippen molar-refractivity contribution in [1.29, 1.82) is 0 Å². The molecule has 2 rings (SSSR count). The quantitative estimate of drug-likeness (QED) is 0.817. The Morgan fingerprint density at radius 2 is 2.25 bits per heavy atom. The normalized spacial score (nSPS) is 23.4. The Morgan fingerprint density at radius 3 is 2.88 bits per heavy atom. The van der Waals surface area contributed by atoms with E-state index in [2.05, 4.69) is 21.2 Å². The maximum atomic E-state index is 11.8. The molecule has 1 aliphatic carbocycles. The predicted octanol–water partition coefficient (Wildman–Crippen LogP) is 2.29. The van der Waals surface area contributed by atoms with Crippen LogP contribution < -0.4 is 11.1 Å². The Labute approximate surface area is 103 Å². The van der Waals surface area contributed by atoms with Crippen molar-refractivity contribution in [3.63, 3.8) is 0 Å². The molecular formula is C12H13BrN2O. The molecule has 0 bridgehead atoms. The highest BCUT2D eigenvalue weighted by Crippen LogP contribution is 2.20. The van der Waals surface area contributed by atoms with E-state index < -0.39 is 0 Å². The van der Waals surface area contributed by atoms with Crippen molar-refractivity contribution in [2.75, 3.05) is 5.32 Å². The van der Waals surface area contributed by atoms with E-state index in [0.717, 1.165) is 10.2 Å². The van der Waals surface area contributed by atoms with Crippen LogP contribution in [0.25, 0.3) is 0 Å². The molecule has 3 N–H and O–H groups in total. The van der Waals surface area contributed by atoms with E-state index >= 15 is 0 Å². The molecule has 16 heavy (non-hydrogen) atoms. The molecule has 0 fully saturated rings. The summed E-state index contributed by atoms with van der Waals surface area (Å²) in [5.74, 6) is -0.101. The van der Waals surface area contributed by atoms with Crippen LogP contribution >= 0.6 is 15.9 Å². The molecule has 1 aliphatic rings. The van der Waals surface area contributed by atoms with E-state index in [9.17, 15) is 4.79 Å². The molecule has 1 aromatic rings. The fourth-order valence-corrected chi connectivity index (χ4v) is 2.12. The third kappa shape index (κ3) is 2.71. The molecule has 0 radical (unpaired) electrons. The van der Waals surface area contributed by atoms with E-state index in [1.807, 2.05) is 36.4 Å². The van der Waals surface area contributed by atoms with Gasteiger partial charge < -0.3 is 11.1 Å². The number of nitrogens with one attached hydrogen (secondary N) is 1. The third-order valence-corrected chi connectivity index (χ3v) is 3.04. The minimum absolute atomic E-state index is 0.00213. The highest BCUT2D eigenvalue weighted by atomic mass is 79.9. The monoisotopic (exact) mass is 280 g/mol. The van der Waals surface area contributed by atoms with Crippen molar-refractivity contribution < 1.29 is 4.79 Å². The van der Waals surface area contributed by atoms with Gasteiger partial charge in [-0.3, -0.25) is 4.79 Å². The third-order valence-electron chi connectivity index (χ3n) is 2.55. The molecule has 2 atom stereocenters. The molecule has 2 unspecified atom stereocenters. The van der Waals surface area contributed by atoms with Gasteiger partial charge in [-0.2, -0.15) is 0 Å². The summed E-state index contributed by atoms with van der Waals surface area (Å²) in [6.07, 6.45) is 4.45. The number of halogens is 1. The average molecular weight is 281 g/mol. The number of benzene rings is 1. The Hall–Kier alpha value is -1.13. The SMILES string of the molecule is NC1C=CC(C(=O)Nc2cccc(Br)c2)C1. The molecule has 0 heterocycles. The molecule has 4 heteroatoms. The summed E-state index contributed by atoms with van der Waals surface area (Å²) in [5.41, 5.74) is 6.51. The van der Waals surface area contributed by atoms with Crippen LogP contribution in [0.3, 0.4) is 0 Å². The molecule has 1 amide bonds. The van der Waals surface area contributed by atoms with Crippen LogP contribution in [0.15, 0.2) is 40.9 Å². The summed E-state index contributed by atoms with van der Waals surface area (Å²) in [5, 5.41) is 2.87. The van der Waals surface area contributed by atoms with Gasteiger partial charge in [-0.05, 0) is 24.6 Å². The molecule has 0 spiro atoms. The average Bonchev–Trinajstić information content (AvgIpc) is 2.65. The first kappa shape index (κ1) is 11.4. The number of hydrogen-bond acceptors (Lipinski definition) is 2. The smallest absolute Gasteiger partial charge is 0.231 e. The lowest BCUT2D eigenvalue weighted by Crippen LogP contribution is -2.23. The van der Waals surface area contributed by atoms with Crippen LogP contribution in [0.4, 0.5) is 5.69 Å². The predicted molar refractivity (Wildman–Crippen MR) is 68.0 cm³/mol. The lowest BCUT2D eigenvalue weighted by atomic mass is 10.1. The van der Waals surface area contributed by atoms with Crippen molar-refractivity contribution >= 4 is 27.5 Å². The largest absolute Gasteiger partial charge is 0.326 e. The molecule has 0 saturated carbocycles.